The van der Waals surface area contributed by atoms with Crippen LogP contribution in [0.25, 0.3) is 0 Å². The van der Waals surface area contributed by atoms with Gasteiger partial charge in [0.15, 0.2) is 0 Å². The van der Waals surface area contributed by atoms with Crippen LogP contribution in [0.5, 0.6) is 0 Å². The van der Waals surface area contributed by atoms with E-state index in [9.17, 15) is 19.5 Å². The molecule has 2 aromatic rings. The summed E-state index contributed by atoms with van der Waals surface area (Å²) in [6.07, 6.45) is 3.61. The minimum atomic E-state index is -0.708. The van der Waals surface area contributed by atoms with Crippen molar-refractivity contribution in [3.8, 4) is 0 Å². The highest BCUT2D eigenvalue weighted by atomic mass is 35.5. The predicted molar refractivity (Wildman–Crippen MR) is 130 cm³/mol. The van der Waals surface area contributed by atoms with Gasteiger partial charge in [0, 0.05) is 43.5 Å². The van der Waals surface area contributed by atoms with E-state index < -0.39 is 5.97 Å². The first-order valence-corrected chi connectivity index (χ1v) is 12.3. The van der Waals surface area contributed by atoms with Gasteiger partial charge in [0.25, 0.3) is 0 Å². The Kier molecular flexibility index (Phi) is 7.69. The van der Waals surface area contributed by atoms with Crippen LogP contribution in [0.15, 0.2) is 42.5 Å². The van der Waals surface area contributed by atoms with Crippen molar-refractivity contribution in [1.29, 1.82) is 0 Å². The van der Waals surface area contributed by atoms with Gasteiger partial charge in [-0.2, -0.15) is 0 Å². The number of carboxylic acids is 1. The fourth-order valence-corrected chi connectivity index (χ4v) is 5.02. The van der Waals surface area contributed by atoms with Crippen LogP contribution in [0.2, 0.25) is 5.02 Å². The molecule has 6 nitrogen and oxygen atoms in total. The SMILES string of the molecule is Cc1cc(CN(Cc2ccc(Cl)cc2)[C@H]2C[C@@H](C(=O)O)C2)ccc1CCCN1C(=O)CCC1=O. The number of amides is 2. The minimum absolute atomic E-state index is 0.0565. The molecule has 2 aromatic carbocycles. The summed E-state index contributed by atoms with van der Waals surface area (Å²) in [5.74, 6) is -1.07. The lowest BCUT2D eigenvalue weighted by Gasteiger charge is -2.41. The molecule has 0 radical (unpaired) electrons. The molecule has 1 heterocycles. The van der Waals surface area contributed by atoms with E-state index in [0.717, 1.165) is 31.5 Å². The largest absolute Gasteiger partial charge is 0.481 e. The highest BCUT2D eigenvalue weighted by Gasteiger charge is 2.38. The zero-order valence-electron chi connectivity index (χ0n) is 19.5. The van der Waals surface area contributed by atoms with Crippen molar-refractivity contribution in [2.45, 2.75) is 64.6 Å². The average Bonchev–Trinajstić information content (AvgIpc) is 3.07. The molecule has 4 rings (SSSR count). The lowest BCUT2D eigenvalue weighted by atomic mass is 9.79. The number of aliphatic carboxylic acids is 1. The van der Waals surface area contributed by atoms with Crippen molar-refractivity contribution < 1.29 is 19.5 Å². The first kappa shape index (κ1) is 24.4. The number of likely N-dealkylation sites (tertiary alicyclic amines) is 1. The number of imide groups is 1. The number of carboxylic acid groups (broad SMARTS) is 1. The molecule has 180 valence electrons. The van der Waals surface area contributed by atoms with E-state index in [0.29, 0.717) is 37.3 Å². The molecular weight excluding hydrogens is 452 g/mol. The molecule has 1 aliphatic carbocycles. The van der Waals surface area contributed by atoms with Gasteiger partial charge in [-0.25, -0.2) is 0 Å². The van der Waals surface area contributed by atoms with Gasteiger partial charge in [-0.05, 0) is 67.0 Å². The Labute approximate surface area is 205 Å². The minimum Gasteiger partial charge on any atom is -0.481 e. The monoisotopic (exact) mass is 482 g/mol. The Morgan fingerprint density at radius 1 is 1.03 bits per heavy atom. The van der Waals surface area contributed by atoms with Gasteiger partial charge in [0.2, 0.25) is 11.8 Å². The van der Waals surface area contributed by atoms with Gasteiger partial charge in [0.1, 0.15) is 0 Å². The maximum Gasteiger partial charge on any atom is 0.306 e. The number of halogens is 1. The van der Waals surface area contributed by atoms with Gasteiger partial charge >= 0.3 is 5.97 Å². The van der Waals surface area contributed by atoms with Crippen LogP contribution in [0, 0.1) is 12.8 Å². The topological polar surface area (TPSA) is 77.9 Å². The second-order valence-electron chi connectivity index (χ2n) is 9.50. The summed E-state index contributed by atoms with van der Waals surface area (Å²) < 4.78 is 0. The number of aryl methyl sites for hydroxylation is 2. The van der Waals surface area contributed by atoms with Crippen LogP contribution in [0.4, 0.5) is 0 Å². The van der Waals surface area contributed by atoms with Gasteiger partial charge in [-0.1, -0.05) is 41.9 Å². The first-order chi connectivity index (χ1) is 16.3. The number of carbonyl (C=O) groups excluding carboxylic acids is 2. The average molecular weight is 483 g/mol. The maximum atomic E-state index is 11.8. The van der Waals surface area contributed by atoms with Crippen molar-refractivity contribution >= 4 is 29.4 Å². The Hall–Kier alpha value is -2.70. The highest BCUT2D eigenvalue weighted by molar-refractivity contribution is 6.30. The zero-order valence-corrected chi connectivity index (χ0v) is 20.3. The summed E-state index contributed by atoms with van der Waals surface area (Å²) >= 11 is 6.04. The maximum absolute atomic E-state index is 11.8. The summed E-state index contributed by atoms with van der Waals surface area (Å²) in [5, 5.41) is 10.0. The van der Waals surface area contributed by atoms with E-state index in [1.54, 1.807) is 0 Å². The predicted octanol–water partition coefficient (Wildman–Crippen LogP) is 4.60. The molecular formula is C27H31ClN2O4. The quantitative estimate of drug-likeness (QED) is 0.501. The van der Waals surface area contributed by atoms with Crippen molar-refractivity contribution in [2.75, 3.05) is 6.54 Å². The van der Waals surface area contributed by atoms with E-state index in [4.69, 9.17) is 11.6 Å². The molecule has 1 aliphatic heterocycles. The van der Waals surface area contributed by atoms with E-state index in [-0.39, 0.29) is 23.8 Å². The van der Waals surface area contributed by atoms with Crippen LogP contribution >= 0.6 is 11.6 Å². The third-order valence-corrected chi connectivity index (χ3v) is 7.31. The van der Waals surface area contributed by atoms with E-state index in [1.807, 2.05) is 24.3 Å². The summed E-state index contributed by atoms with van der Waals surface area (Å²) in [5.41, 5.74) is 4.77. The lowest BCUT2D eigenvalue weighted by molar-refractivity contribution is -0.147. The Morgan fingerprint density at radius 2 is 1.65 bits per heavy atom. The van der Waals surface area contributed by atoms with Crippen molar-refractivity contribution in [3.05, 3.63) is 69.7 Å². The molecule has 2 fully saturated rings. The molecule has 0 atom stereocenters. The van der Waals surface area contributed by atoms with Crippen LogP contribution in [0.3, 0.4) is 0 Å². The number of carbonyl (C=O) groups is 3. The molecule has 0 unspecified atom stereocenters. The van der Waals surface area contributed by atoms with E-state index in [1.165, 1.54) is 21.6 Å². The van der Waals surface area contributed by atoms with Crippen molar-refractivity contribution in [1.82, 2.24) is 9.80 Å². The normalized spacial score (nSPS) is 20.1. The Balaban J connectivity index is 1.38. The fourth-order valence-electron chi connectivity index (χ4n) is 4.90. The summed E-state index contributed by atoms with van der Waals surface area (Å²) in [7, 11) is 0. The number of hydrogen-bond donors (Lipinski definition) is 1. The first-order valence-electron chi connectivity index (χ1n) is 11.9. The molecule has 2 aliphatic rings. The molecule has 0 spiro atoms. The molecule has 1 saturated heterocycles. The summed E-state index contributed by atoms with van der Waals surface area (Å²) in [6.45, 7) is 4.07. The fraction of sp³-hybridized carbons (Fsp3) is 0.444. The summed E-state index contributed by atoms with van der Waals surface area (Å²) in [4.78, 5) is 38.7. The van der Waals surface area contributed by atoms with Crippen LogP contribution in [-0.4, -0.2) is 45.3 Å². The van der Waals surface area contributed by atoms with Crippen LogP contribution in [0.1, 0.15) is 54.4 Å². The molecule has 34 heavy (non-hydrogen) atoms. The second kappa shape index (κ2) is 10.7. The van der Waals surface area contributed by atoms with E-state index >= 15 is 0 Å². The standard InChI is InChI=1S/C27H31ClN2O4/c1-18-13-20(4-7-21(18)3-2-12-30-25(31)10-11-26(30)32)17-29(24-14-22(15-24)27(33)34)16-19-5-8-23(28)9-6-19/h4-9,13,22,24H,2-3,10-12,14-17H2,1H3,(H,33,34)/t22-,24+. The van der Waals surface area contributed by atoms with Gasteiger partial charge in [-0.3, -0.25) is 24.2 Å². The Bertz CT molecular complexity index is 1050. The van der Waals surface area contributed by atoms with Gasteiger partial charge in [-0.15, -0.1) is 0 Å². The number of rotatable bonds is 10. The zero-order chi connectivity index (χ0) is 24.2. The van der Waals surface area contributed by atoms with Crippen molar-refractivity contribution in [3.63, 3.8) is 0 Å². The smallest absolute Gasteiger partial charge is 0.306 e. The molecule has 1 saturated carbocycles. The van der Waals surface area contributed by atoms with Crippen molar-refractivity contribution in [2.24, 2.45) is 5.92 Å². The number of nitrogens with zero attached hydrogens (tertiary/aromatic N) is 2. The third kappa shape index (κ3) is 5.86. The number of benzene rings is 2. The molecule has 1 N–H and O–H groups in total. The summed E-state index contributed by atoms with van der Waals surface area (Å²) in [6, 6.07) is 14.5. The molecule has 0 aromatic heterocycles. The van der Waals surface area contributed by atoms with Crippen LogP contribution < -0.4 is 0 Å². The third-order valence-electron chi connectivity index (χ3n) is 7.05. The van der Waals surface area contributed by atoms with Crippen LogP contribution in [-0.2, 0) is 33.9 Å². The highest BCUT2D eigenvalue weighted by Crippen LogP contribution is 2.34. The second-order valence-corrected chi connectivity index (χ2v) is 9.93. The lowest BCUT2D eigenvalue weighted by Crippen LogP contribution is -2.46. The molecule has 7 heteroatoms. The number of hydrogen-bond acceptors (Lipinski definition) is 4. The van der Waals surface area contributed by atoms with E-state index in [2.05, 4.69) is 30.0 Å². The Morgan fingerprint density at radius 3 is 2.26 bits per heavy atom. The van der Waals surface area contributed by atoms with Gasteiger partial charge < -0.3 is 5.11 Å². The molecule has 2 amide bonds. The molecule has 0 bridgehead atoms. The van der Waals surface area contributed by atoms with Gasteiger partial charge in [0.05, 0.1) is 5.92 Å².